The van der Waals surface area contributed by atoms with Gasteiger partial charge in [-0.1, -0.05) is 0 Å². The van der Waals surface area contributed by atoms with Crippen LogP contribution < -0.4 is 0 Å². The fraction of sp³-hybridized carbons (Fsp3) is 0.538. The fourth-order valence-corrected chi connectivity index (χ4v) is 2.19. The molecular formula is C13H17N3. The lowest BCUT2D eigenvalue weighted by Gasteiger charge is -2.19. The molecule has 0 saturated heterocycles. The van der Waals surface area contributed by atoms with E-state index >= 15 is 0 Å². The van der Waals surface area contributed by atoms with Gasteiger partial charge in [-0.15, -0.1) is 0 Å². The number of nitrogens with zero attached hydrogens (tertiary/aromatic N) is 3. The van der Waals surface area contributed by atoms with Crippen LogP contribution in [-0.4, -0.2) is 14.8 Å². The highest BCUT2D eigenvalue weighted by Crippen LogP contribution is 2.42. The number of hydrogen-bond acceptors (Lipinski definition) is 2. The zero-order valence-electron chi connectivity index (χ0n) is 10.1. The maximum Gasteiger partial charge on any atom is 0.158 e. The Morgan fingerprint density at radius 1 is 1.31 bits per heavy atom. The van der Waals surface area contributed by atoms with Crippen molar-refractivity contribution in [2.24, 2.45) is 0 Å². The predicted octanol–water partition coefficient (Wildman–Crippen LogP) is 3.06. The Bertz CT molecular complexity index is 530. The molecule has 3 rings (SSSR count). The van der Waals surface area contributed by atoms with E-state index in [1.807, 2.05) is 17.1 Å². The van der Waals surface area contributed by atoms with Gasteiger partial charge in [0.1, 0.15) is 0 Å². The van der Waals surface area contributed by atoms with E-state index in [4.69, 9.17) is 0 Å². The second kappa shape index (κ2) is 3.06. The third-order valence-corrected chi connectivity index (χ3v) is 3.16. The topological polar surface area (TPSA) is 30.7 Å². The van der Waals surface area contributed by atoms with Crippen LogP contribution >= 0.6 is 0 Å². The molecular weight excluding hydrogens is 198 g/mol. The highest BCUT2D eigenvalue weighted by molar-refractivity contribution is 5.79. The normalized spacial score (nSPS) is 16.9. The molecule has 0 atom stereocenters. The fourth-order valence-electron chi connectivity index (χ4n) is 2.19. The van der Waals surface area contributed by atoms with Gasteiger partial charge in [-0.3, -0.25) is 0 Å². The SMILES string of the molecule is CC(C)(C)n1ncc2c(C3CC3)ccnc21. The van der Waals surface area contributed by atoms with Crippen molar-refractivity contribution in [1.29, 1.82) is 0 Å². The maximum atomic E-state index is 4.49. The number of fused-ring (bicyclic) bond motifs is 1. The van der Waals surface area contributed by atoms with Gasteiger partial charge in [0.15, 0.2) is 5.65 Å². The summed E-state index contributed by atoms with van der Waals surface area (Å²) in [5.74, 6) is 0.753. The van der Waals surface area contributed by atoms with Crippen LogP contribution in [-0.2, 0) is 5.54 Å². The van der Waals surface area contributed by atoms with Crippen LogP contribution in [0.25, 0.3) is 11.0 Å². The maximum absolute atomic E-state index is 4.49. The summed E-state index contributed by atoms with van der Waals surface area (Å²) in [5.41, 5.74) is 2.45. The number of aromatic nitrogens is 3. The third kappa shape index (κ3) is 1.42. The highest BCUT2D eigenvalue weighted by atomic mass is 15.3. The average molecular weight is 215 g/mol. The molecule has 1 saturated carbocycles. The number of pyridine rings is 1. The van der Waals surface area contributed by atoms with Gasteiger partial charge in [0.25, 0.3) is 0 Å². The van der Waals surface area contributed by atoms with Gasteiger partial charge in [-0.2, -0.15) is 5.10 Å². The highest BCUT2D eigenvalue weighted by Gasteiger charge is 2.27. The first-order valence-corrected chi connectivity index (χ1v) is 5.90. The summed E-state index contributed by atoms with van der Waals surface area (Å²) in [4.78, 5) is 4.48. The Kier molecular flexibility index (Phi) is 1.88. The van der Waals surface area contributed by atoms with Crippen LogP contribution in [0.5, 0.6) is 0 Å². The smallest absolute Gasteiger partial charge is 0.158 e. The van der Waals surface area contributed by atoms with E-state index in [2.05, 4.69) is 36.9 Å². The summed E-state index contributed by atoms with van der Waals surface area (Å²) in [5, 5.41) is 5.73. The zero-order chi connectivity index (χ0) is 11.3. The van der Waals surface area contributed by atoms with Crippen LogP contribution in [0, 0.1) is 0 Å². The van der Waals surface area contributed by atoms with E-state index in [0.29, 0.717) is 0 Å². The molecule has 1 aliphatic carbocycles. The molecule has 2 aromatic heterocycles. The summed E-state index contributed by atoms with van der Waals surface area (Å²) in [7, 11) is 0. The lowest BCUT2D eigenvalue weighted by molar-refractivity contribution is 0.366. The minimum Gasteiger partial charge on any atom is -0.242 e. The molecule has 3 nitrogen and oxygen atoms in total. The van der Waals surface area contributed by atoms with Crippen LogP contribution in [0.15, 0.2) is 18.5 Å². The Labute approximate surface area is 95.5 Å². The van der Waals surface area contributed by atoms with Crippen molar-refractivity contribution >= 4 is 11.0 Å². The zero-order valence-corrected chi connectivity index (χ0v) is 10.1. The Morgan fingerprint density at radius 3 is 2.69 bits per heavy atom. The van der Waals surface area contributed by atoms with Crippen molar-refractivity contribution < 1.29 is 0 Å². The van der Waals surface area contributed by atoms with Crippen molar-refractivity contribution in [3.63, 3.8) is 0 Å². The van der Waals surface area contributed by atoms with E-state index in [0.717, 1.165) is 11.6 Å². The molecule has 0 bridgehead atoms. The Balaban J connectivity index is 2.24. The summed E-state index contributed by atoms with van der Waals surface area (Å²) in [6, 6.07) is 2.15. The predicted molar refractivity (Wildman–Crippen MR) is 64.5 cm³/mol. The van der Waals surface area contributed by atoms with E-state index in [9.17, 15) is 0 Å². The quantitative estimate of drug-likeness (QED) is 0.732. The molecule has 3 heteroatoms. The molecule has 0 aromatic carbocycles. The van der Waals surface area contributed by atoms with Gasteiger partial charge in [0.05, 0.1) is 11.7 Å². The first-order valence-electron chi connectivity index (χ1n) is 5.90. The van der Waals surface area contributed by atoms with Crippen LogP contribution in [0.2, 0.25) is 0 Å². The molecule has 0 radical (unpaired) electrons. The van der Waals surface area contributed by atoms with Crippen molar-refractivity contribution in [1.82, 2.24) is 14.8 Å². The molecule has 0 aliphatic heterocycles. The van der Waals surface area contributed by atoms with Gasteiger partial charge >= 0.3 is 0 Å². The summed E-state index contributed by atoms with van der Waals surface area (Å²) < 4.78 is 2.02. The summed E-state index contributed by atoms with van der Waals surface area (Å²) >= 11 is 0. The van der Waals surface area contributed by atoms with Gasteiger partial charge in [-0.05, 0) is 51.2 Å². The Morgan fingerprint density at radius 2 is 2.06 bits per heavy atom. The van der Waals surface area contributed by atoms with E-state index in [-0.39, 0.29) is 5.54 Å². The molecule has 1 aliphatic rings. The Hall–Kier alpha value is -1.38. The van der Waals surface area contributed by atoms with Crippen molar-refractivity contribution in [3.8, 4) is 0 Å². The van der Waals surface area contributed by atoms with Gasteiger partial charge in [0, 0.05) is 11.6 Å². The lowest BCUT2D eigenvalue weighted by Crippen LogP contribution is -2.23. The first-order chi connectivity index (χ1) is 7.57. The van der Waals surface area contributed by atoms with Crippen molar-refractivity contribution in [2.45, 2.75) is 45.1 Å². The van der Waals surface area contributed by atoms with Crippen LogP contribution in [0.1, 0.15) is 45.1 Å². The largest absolute Gasteiger partial charge is 0.242 e. The second-order valence-electron chi connectivity index (χ2n) is 5.64. The minimum absolute atomic E-state index is 0.00305. The third-order valence-electron chi connectivity index (χ3n) is 3.16. The molecule has 0 unspecified atom stereocenters. The standard InChI is InChI=1S/C13H17N3/c1-13(2,3)16-12-11(8-15-16)10(6-7-14-12)9-4-5-9/h6-9H,4-5H2,1-3H3. The van der Waals surface area contributed by atoms with Gasteiger partial charge in [0.2, 0.25) is 0 Å². The van der Waals surface area contributed by atoms with E-state index < -0.39 is 0 Å². The van der Waals surface area contributed by atoms with Gasteiger partial charge < -0.3 is 0 Å². The van der Waals surface area contributed by atoms with E-state index in [1.54, 1.807) is 0 Å². The lowest BCUT2D eigenvalue weighted by atomic mass is 10.1. The molecule has 0 N–H and O–H groups in total. The van der Waals surface area contributed by atoms with E-state index in [1.165, 1.54) is 23.8 Å². The molecule has 0 spiro atoms. The van der Waals surface area contributed by atoms with Crippen LogP contribution in [0.3, 0.4) is 0 Å². The van der Waals surface area contributed by atoms with Crippen LogP contribution in [0.4, 0.5) is 0 Å². The molecule has 84 valence electrons. The van der Waals surface area contributed by atoms with Crippen molar-refractivity contribution in [3.05, 3.63) is 24.0 Å². The molecule has 2 aromatic rings. The van der Waals surface area contributed by atoms with Crippen molar-refractivity contribution in [2.75, 3.05) is 0 Å². The number of hydrogen-bond donors (Lipinski definition) is 0. The van der Waals surface area contributed by atoms with Gasteiger partial charge in [-0.25, -0.2) is 9.67 Å². The minimum atomic E-state index is -0.00305. The molecule has 1 fully saturated rings. The monoisotopic (exact) mass is 215 g/mol. The molecule has 2 heterocycles. The summed E-state index contributed by atoms with van der Waals surface area (Å²) in [6.07, 6.45) is 6.53. The first kappa shape index (κ1) is 9.82. The number of rotatable bonds is 1. The molecule has 0 amide bonds. The summed E-state index contributed by atoms with van der Waals surface area (Å²) in [6.45, 7) is 6.47. The second-order valence-corrected chi connectivity index (χ2v) is 5.64. The molecule has 16 heavy (non-hydrogen) atoms. The average Bonchev–Trinajstić information content (AvgIpc) is 2.94.